The molecular formula is C14H14BrN3O2. The lowest BCUT2D eigenvalue weighted by Crippen LogP contribution is -2.12. The second-order valence-corrected chi connectivity index (χ2v) is 5.02. The van der Waals surface area contributed by atoms with Gasteiger partial charge in [-0.3, -0.25) is 9.78 Å². The van der Waals surface area contributed by atoms with Gasteiger partial charge in [-0.2, -0.15) is 0 Å². The summed E-state index contributed by atoms with van der Waals surface area (Å²) in [5, 5.41) is 3.18. The molecule has 1 amide bonds. The molecule has 0 aliphatic rings. The van der Waals surface area contributed by atoms with Crippen LogP contribution < -0.4 is 15.8 Å². The zero-order valence-electron chi connectivity index (χ0n) is 10.9. The van der Waals surface area contributed by atoms with E-state index in [1.165, 1.54) is 0 Å². The largest absolute Gasteiger partial charge is 0.495 e. The zero-order valence-corrected chi connectivity index (χ0v) is 12.5. The van der Waals surface area contributed by atoms with Crippen LogP contribution >= 0.6 is 15.9 Å². The highest BCUT2D eigenvalue weighted by Gasteiger charge is 2.07. The summed E-state index contributed by atoms with van der Waals surface area (Å²) in [6, 6.07) is 8.82. The lowest BCUT2D eigenvalue weighted by atomic mass is 10.1. The summed E-state index contributed by atoms with van der Waals surface area (Å²) in [6.45, 7) is 0.520. The van der Waals surface area contributed by atoms with E-state index in [0.717, 1.165) is 10.2 Å². The van der Waals surface area contributed by atoms with Crippen molar-refractivity contribution in [3.05, 3.63) is 52.3 Å². The minimum absolute atomic E-state index is 0.428. The Morgan fingerprint density at radius 3 is 2.80 bits per heavy atom. The molecule has 0 aliphatic heterocycles. The Morgan fingerprint density at radius 1 is 1.40 bits per heavy atom. The monoisotopic (exact) mass is 335 g/mol. The summed E-state index contributed by atoms with van der Waals surface area (Å²) < 4.78 is 6.17. The standard InChI is InChI=1S/C14H14BrN3O2/c1-20-13-5-2-9(14(16)19)6-12(13)18-8-11-4-3-10(15)7-17-11/h2-7,18H,8H2,1H3,(H2,16,19). The molecule has 2 rings (SSSR count). The van der Waals surface area contributed by atoms with Crippen molar-refractivity contribution in [3.63, 3.8) is 0 Å². The van der Waals surface area contributed by atoms with E-state index in [0.29, 0.717) is 23.5 Å². The number of rotatable bonds is 5. The maximum Gasteiger partial charge on any atom is 0.248 e. The topological polar surface area (TPSA) is 77.2 Å². The molecule has 20 heavy (non-hydrogen) atoms. The highest BCUT2D eigenvalue weighted by molar-refractivity contribution is 9.10. The fraction of sp³-hybridized carbons (Fsp3) is 0.143. The van der Waals surface area contributed by atoms with E-state index in [-0.39, 0.29) is 0 Å². The number of pyridine rings is 1. The molecular weight excluding hydrogens is 322 g/mol. The zero-order chi connectivity index (χ0) is 14.5. The van der Waals surface area contributed by atoms with Gasteiger partial charge >= 0.3 is 0 Å². The number of anilines is 1. The van der Waals surface area contributed by atoms with Gasteiger partial charge in [0.2, 0.25) is 5.91 Å². The number of nitrogens with two attached hydrogens (primary N) is 1. The maximum absolute atomic E-state index is 11.2. The second-order valence-electron chi connectivity index (χ2n) is 4.10. The van der Waals surface area contributed by atoms with Gasteiger partial charge in [-0.1, -0.05) is 0 Å². The molecule has 2 aromatic rings. The molecule has 1 heterocycles. The highest BCUT2D eigenvalue weighted by Crippen LogP contribution is 2.25. The van der Waals surface area contributed by atoms with Crippen molar-refractivity contribution in [1.29, 1.82) is 0 Å². The molecule has 0 saturated heterocycles. The normalized spacial score (nSPS) is 10.1. The van der Waals surface area contributed by atoms with Crippen LogP contribution in [0.25, 0.3) is 0 Å². The molecule has 0 spiro atoms. The van der Waals surface area contributed by atoms with Crippen LogP contribution in [-0.2, 0) is 6.54 Å². The Balaban J connectivity index is 2.16. The molecule has 0 saturated carbocycles. The average molecular weight is 336 g/mol. The lowest BCUT2D eigenvalue weighted by molar-refractivity contribution is 0.100. The van der Waals surface area contributed by atoms with Gasteiger partial charge in [0.05, 0.1) is 25.0 Å². The van der Waals surface area contributed by atoms with E-state index in [4.69, 9.17) is 10.5 Å². The second kappa shape index (κ2) is 6.38. The van der Waals surface area contributed by atoms with Gasteiger partial charge in [-0.05, 0) is 46.3 Å². The Kier molecular flexibility index (Phi) is 4.57. The first-order valence-electron chi connectivity index (χ1n) is 5.92. The third-order valence-corrected chi connectivity index (χ3v) is 3.20. The van der Waals surface area contributed by atoms with E-state index < -0.39 is 5.91 Å². The van der Waals surface area contributed by atoms with Gasteiger partial charge < -0.3 is 15.8 Å². The Hall–Kier alpha value is -2.08. The van der Waals surface area contributed by atoms with Gasteiger partial charge in [0, 0.05) is 16.2 Å². The number of halogens is 1. The Morgan fingerprint density at radius 2 is 2.20 bits per heavy atom. The lowest BCUT2D eigenvalue weighted by Gasteiger charge is -2.12. The van der Waals surface area contributed by atoms with Crippen molar-refractivity contribution in [2.45, 2.75) is 6.54 Å². The fourth-order valence-electron chi connectivity index (χ4n) is 1.70. The van der Waals surface area contributed by atoms with Crippen LogP contribution in [0.2, 0.25) is 0 Å². The van der Waals surface area contributed by atoms with Crippen molar-refractivity contribution < 1.29 is 9.53 Å². The van der Waals surface area contributed by atoms with Crippen LogP contribution in [0.15, 0.2) is 41.0 Å². The SMILES string of the molecule is COc1ccc(C(N)=O)cc1NCc1ccc(Br)cn1. The van der Waals surface area contributed by atoms with Crippen LogP contribution in [0, 0.1) is 0 Å². The smallest absolute Gasteiger partial charge is 0.248 e. The third kappa shape index (κ3) is 3.48. The van der Waals surface area contributed by atoms with Crippen molar-refractivity contribution in [2.24, 2.45) is 5.73 Å². The van der Waals surface area contributed by atoms with Crippen LogP contribution in [0.3, 0.4) is 0 Å². The van der Waals surface area contributed by atoms with Crippen molar-refractivity contribution in [1.82, 2.24) is 4.98 Å². The summed E-state index contributed by atoms with van der Waals surface area (Å²) in [7, 11) is 1.57. The number of nitrogens with zero attached hydrogens (tertiary/aromatic N) is 1. The van der Waals surface area contributed by atoms with Crippen molar-refractivity contribution >= 4 is 27.5 Å². The van der Waals surface area contributed by atoms with E-state index in [1.807, 2.05) is 12.1 Å². The molecule has 0 aliphatic carbocycles. The minimum atomic E-state index is -0.475. The van der Waals surface area contributed by atoms with E-state index in [2.05, 4.69) is 26.2 Å². The number of methoxy groups -OCH3 is 1. The number of hydrogen-bond acceptors (Lipinski definition) is 4. The molecule has 0 radical (unpaired) electrons. The van der Waals surface area contributed by atoms with Crippen molar-refractivity contribution in [2.75, 3.05) is 12.4 Å². The van der Waals surface area contributed by atoms with Gasteiger partial charge in [-0.25, -0.2) is 0 Å². The van der Waals surface area contributed by atoms with Gasteiger partial charge in [-0.15, -0.1) is 0 Å². The molecule has 0 bridgehead atoms. The molecule has 0 atom stereocenters. The Labute approximate surface area is 125 Å². The summed E-state index contributed by atoms with van der Waals surface area (Å²) in [4.78, 5) is 15.5. The number of hydrogen-bond donors (Lipinski definition) is 2. The molecule has 5 nitrogen and oxygen atoms in total. The average Bonchev–Trinajstić information content (AvgIpc) is 2.46. The molecule has 0 fully saturated rings. The first-order chi connectivity index (χ1) is 9.60. The molecule has 0 unspecified atom stereocenters. The molecule has 104 valence electrons. The number of benzene rings is 1. The quantitative estimate of drug-likeness (QED) is 0.880. The van der Waals surface area contributed by atoms with Crippen molar-refractivity contribution in [3.8, 4) is 5.75 Å². The predicted octanol–water partition coefficient (Wildman–Crippen LogP) is 2.56. The first kappa shape index (κ1) is 14.3. The summed E-state index contributed by atoms with van der Waals surface area (Å²) in [5.41, 5.74) is 7.28. The fourth-order valence-corrected chi connectivity index (χ4v) is 1.93. The number of carbonyl (C=O) groups is 1. The summed E-state index contributed by atoms with van der Waals surface area (Å²) >= 11 is 3.34. The van der Waals surface area contributed by atoms with Crippen LogP contribution in [-0.4, -0.2) is 18.0 Å². The third-order valence-electron chi connectivity index (χ3n) is 2.73. The van der Waals surface area contributed by atoms with Crippen LogP contribution in [0.1, 0.15) is 16.1 Å². The van der Waals surface area contributed by atoms with E-state index in [9.17, 15) is 4.79 Å². The number of aromatic nitrogens is 1. The molecule has 1 aromatic heterocycles. The molecule has 3 N–H and O–H groups in total. The number of primary amides is 1. The van der Waals surface area contributed by atoms with Gasteiger partial charge in [0.1, 0.15) is 5.75 Å². The maximum atomic E-state index is 11.2. The molecule has 1 aromatic carbocycles. The van der Waals surface area contributed by atoms with E-state index in [1.54, 1.807) is 31.5 Å². The minimum Gasteiger partial charge on any atom is -0.495 e. The number of carbonyl (C=O) groups excluding carboxylic acids is 1. The number of ether oxygens (including phenoxy) is 1. The number of amides is 1. The summed E-state index contributed by atoms with van der Waals surface area (Å²) in [5.74, 6) is 0.171. The van der Waals surface area contributed by atoms with Gasteiger partial charge in [0.25, 0.3) is 0 Å². The first-order valence-corrected chi connectivity index (χ1v) is 6.71. The number of nitrogens with one attached hydrogen (secondary N) is 1. The summed E-state index contributed by atoms with van der Waals surface area (Å²) in [6.07, 6.45) is 1.73. The molecule has 6 heteroatoms. The predicted molar refractivity (Wildman–Crippen MR) is 80.8 cm³/mol. The Bertz CT molecular complexity index is 614. The van der Waals surface area contributed by atoms with Gasteiger partial charge in [0.15, 0.2) is 0 Å². The van der Waals surface area contributed by atoms with E-state index >= 15 is 0 Å². The van der Waals surface area contributed by atoms with Crippen LogP contribution in [0.5, 0.6) is 5.75 Å². The highest BCUT2D eigenvalue weighted by atomic mass is 79.9. The van der Waals surface area contributed by atoms with Crippen LogP contribution in [0.4, 0.5) is 5.69 Å².